The van der Waals surface area contributed by atoms with E-state index in [9.17, 15) is 14.9 Å². The van der Waals surface area contributed by atoms with Crippen LogP contribution in [0.1, 0.15) is 10.4 Å². The number of nitrogens with zero attached hydrogens (tertiary/aromatic N) is 1. The van der Waals surface area contributed by atoms with E-state index in [4.69, 9.17) is 47.0 Å². The van der Waals surface area contributed by atoms with Crippen molar-refractivity contribution in [1.82, 2.24) is 10.6 Å². The molecule has 0 saturated heterocycles. The number of nitrogens with one attached hydrogen (secondary N) is 3. The molecular formula is C16H12BrCl3N4O3S. The van der Waals surface area contributed by atoms with Crippen molar-refractivity contribution in [3.05, 3.63) is 68.7 Å². The fraction of sp³-hybridized carbons (Fsp3) is 0.125. The lowest BCUT2D eigenvalue weighted by molar-refractivity contribution is -0.384. The first kappa shape index (κ1) is 22.6. The van der Waals surface area contributed by atoms with Crippen molar-refractivity contribution in [2.75, 3.05) is 5.32 Å². The Bertz CT molecular complexity index is 893. The van der Waals surface area contributed by atoms with E-state index in [-0.39, 0.29) is 10.8 Å². The summed E-state index contributed by atoms with van der Waals surface area (Å²) in [6, 6.07) is 12.3. The van der Waals surface area contributed by atoms with Gasteiger partial charge in [0.1, 0.15) is 6.17 Å². The van der Waals surface area contributed by atoms with Crippen molar-refractivity contribution < 1.29 is 9.72 Å². The summed E-state index contributed by atoms with van der Waals surface area (Å²) in [5.41, 5.74) is 0.588. The number of non-ortho nitro benzene ring substituents is 1. The topological polar surface area (TPSA) is 96.3 Å². The van der Waals surface area contributed by atoms with Crippen LogP contribution in [0, 0.1) is 10.1 Å². The molecule has 0 saturated carbocycles. The number of benzene rings is 2. The highest BCUT2D eigenvalue weighted by atomic mass is 79.9. The predicted molar refractivity (Wildman–Crippen MR) is 118 cm³/mol. The molecule has 0 aliphatic heterocycles. The van der Waals surface area contributed by atoms with E-state index in [1.54, 1.807) is 30.3 Å². The molecule has 0 aliphatic rings. The van der Waals surface area contributed by atoms with E-state index in [1.165, 1.54) is 18.2 Å². The summed E-state index contributed by atoms with van der Waals surface area (Å²) < 4.78 is -1.12. The fourth-order valence-corrected chi connectivity index (χ4v) is 2.84. The van der Waals surface area contributed by atoms with Crippen molar-refractivity contribution in [3.63, 3.8) is 0 Å². The lowest BCUT2D eigenvalue weighted by atomic mass is 10.2. The average Bonchev–Trinajstić information content (AvgIpc) is 2.61. The molecule has 0 heterocycles. The number of rotatable bonds is 5. The van der Waals surface area contributed by atoms with Gasteiger partial charge >= 0.3 is 0 Å². The van der Waals surface area contributed by atoms with Gasteiger partial charge in [-0.3, -0.25) is 14.9 Å². The number of carbonyl (C=O) groups is 1. The monoisotopic (exact) mass is 524 g/mol. The predicted octanol–water partition coefficient (Wildman–Crippen LogP) is 4.77. The Morgan fingerprint density at radius 1 is 1.14 bits per heavy atom. The maximum Gasteiger partial charge on any atom is 0.271 e. The summed E-state index contributed by atoms with van der Waals surface area (Å²) in [7, 11) is 0. The lowest BCUT2D eigenvalue weighted by Gasteiger charge is -2.27. The number of nitro benzene ring substituents is 1. The van der Waals surface area contributed by atoms with Gasteiger partial charge in [0, 0.05) is 27.9 Å². The first-order chi connectivity index (χ1) is 13.1. The van der Waals surface area contributed by atoms with Gasteiger partial charge in [0.25, 0.3) is 11.6 Å². The highest BCUT2D eigenvalue weighted by Gasteiger charge is 2.35. The van der Waals surface area contributed by atoms with Crippen molar-refractivity contribution in [3.8, 4) is 0 Å². The Kier molecular flexibility index (Phi) is 7.85. The minimum absolute atomic E-state index is 0.00655. The molecule has 1 atom stereocenters. The van der Waals surface area contributed by atoms with E-state index in [0.29, 0.717) is 11.3 Å². The van der Waals surface area contributed by atoms with Crippen LogP contribution in [-0.4, -0.2) is 25.9 Å². The second-order valence-corrected chi connectivity index (χ2v) is 9.05. The molecule has 3 N–H and O–H groups in total. The Labute approximate surface area is 189 Å². The Hall–Kier alpha value is -1.65. The number of thiocarbonyl (C=S) groups is 1. The zero-order valence-electron chi connectivity index (χ0n) is 13.8. The number of anilines is 1. The molecule has 1 amide bonds. The van der Waals surface area contributed by atoms with Crippen LogP contribution in [-0.2, 0) is 0 Å². The van der Waals surface area contributed by atoms with Gasteiger partial charge in [-0.05, 0) is 42.5 Å². The maximum absolute atomic E-state index is 12.4. The van der Waals surface area contributed by atoms with Crippen LogP contribution in [0.5, 0.6) is 0 Å². The SMILES string of the molecule is O=C(N[C@@H](NC(=S)Nc1cccc([N+](=O)[O-])c1)C(Cl)(Cl)Cl)c1ccc(Br)cc1. The molecule has 0 aliphatic carbocycles. The first-order valence-electron chi connectivity index (χ1n) is 7.51. The highest BCUT2D eigenvalue weighted by molar-refractivity contribution is 9.10. The van der Waals surface area contributed by atoms with Crippen molar-refractivity contribution >= 4 is 85.3 Å². The van der Waals surface area contributed by atoms with Crippen LogP contribution in [0.2, 0.25) is 0 Å². The van der Waals surface area contributed by atoms with Gasteiger partial charge in [-0.15, -0.1) is 0 Å². The molecule has 0 spiro atoms. The number of carbonyl (C=O) groups excluding carboxylic acids is 1. The Morgan fingerprint density at radius 2 is 1.79 bits per heavy atom. The average molecular weight is 527 g/mol. The van der Waals surface area contributed by atoms with Crippen molar-refractivity contribution in [2.24, 2.45) is 0 Å². The summed E-state index contributed by atoms with van der Waals surface area (Å²) in [6.07, 6.45) is -1.17. The standard InChI is InChI=1S/C16H12BrCl3N4O3S/c17-10-6-4-9(5-7-10)13(25)22-14(16(18,19)20)23-15(28)21-11-2-1-3-12(8-11)24(26)27/h1-8,14H,(H,22,25)(H2,21,23,28)/t14-/m0/s1. The molecular weight excluding hydrogens is 515 g/mol. The number of hydrogen-bond donors (Lipinski definition) is 3. The van der Waals surface area contributed by atoms with Gasteiger partial charge in [-0.1, -0.05) is 56.8 Å². The third-order valence-electron chi connectivity index (χ3n) is 3.30. The molecule has 0 bridgehead atoms. The van der Waals surface area contributed by atoms with Crippen LogP contribution in [0.3, 0.4) is 0 Å². The van der Waals surface area contributed by atoms with E-state index in [2.05, 4.69) is 31.9 Å². The van der Waals surface area contributed by atoms with Crippen LogP contribution < -0.4 is 16.0 Å². The summed E-state index contributed by atoms with van der Waals surface area (Å²) in [5, 5.41) is 18.8. The lowest BCUT2D eigenvalue weighted by Crippen LogP contribution is -2.56. The summed E-state index contributed by atoms with van der Waals surface area (Å²) in [4.78, 5) is 22.7. The molecule has 0 aromatic heterocycles. The third-order valence-corrected chi connectivity index (χ3v) is 4.70. The minimum Gasteiger partial charge on any atom is -0.339 e. The number of alkyl halides is 3. The van der Waals surface area contributed by atoms with Crippen LogP contribution in [0.15, 0.2) is 53.0 Å². The summed E-state index contributed by atoms with van der Waals surface area (Å²) in [6.45, 7) is 0. The van der Waals surface area contributed by atoms with Crippen LogP contribution in [0.25, 0.3) is 0 Å². The summed E-state index contributed by atoms with van der Waals surface area (Å²) in [5.74, 6) is -0.491. The molecule has 2 aromatic carbocycles. The molecule has 0 unspecified atom stereocenters. The third kappa shape index (κ3) is 6.75. The molecule has 7 nitrogen and oxygen atoms in total. The van der Waals surface area contributed by atoms with Crippen LogP contribution >= 0.6 is 63.0 Å². The van der Waals surface area contributed by atoms with Gasteiger partial charge < -0.3 is 16.0 Å². The smallest absolute Gasteiger partial charge is 0.271 e. The van der Waals surface area contributed by atoms with Gasteiger partial charge in [0.2, 0.25) is 3.79 Å². The molecule has 0 fully saturated rings. The maximum atomic E-state index is 12.4. The number of nitro groups is 1. The second-order valence-electron chi connectivity index (χ2n) is 5.36. The van der Waals surface area contributed by atoms with E-state index in [0.717, 1.165) is 4.47 Å². The molecule has 12 heteroatoms. The summed E-state index contributed by atoms with van der Waals surface area (Å²) >= 11 is 26.2. The van der Waals surface area contributed by atoms with Crippen LogP contribution in [0.4, 0.5) is 11.4 Å². The Morgan fingerprint density at radius 3 is 2.36 bits per heavy atom. The number of amides is 1. The van der Waals surface area contributed by atoms with Crippen molar-refractivity contribution in [1.29, 1.82) is 0 Å². The molecule has 2 aromatic rings. The highest BCUT2D eigenvalue weighted by Crippen LogP contribution is 2.29. The van der Waals surface area contributed by atoms with Gasteiger partial charge in [0.15, 0.2) is 5.11 Å². The zero-order chi connectivity index (χ0) is 20.9. The molecule has 0 radical (unpaired) electrons. The van der Waals surface area contributed by atoms with E-state index < -0.39 is 20.8 Å². The normalized spacial score (nSPS) is 12.0. The molecule has 148 valence electrons. The molecule has 28 heavy (non-hydrogen) atoms. The largest absolute Gasteiger partial charge is 0.339 e. The quantitative estimate of drug-likeness (QED) is 0.171. The van der Waals surface area contributed by atoms with Gasteiger partial charge in [-0.25, -0.2) is 0 Å². The van der Waals surface area contributed by atoms with E-state index in [1.807, 2.05) is 0 Å². The fourth-order valence-electron chi connectivity index (χ4n) is 2.01. The first-order valence-corrected chi connectivity index (χ1v) is 9.85. The van der Waals surface area contributed by atoms with Gasteiger partial charge in [-0.2, -0.15) is 0 Å². The van der Waals surface area contributed by atoms with Crippen molar-refractivity contribution in [2.45, 2.75) is 9.96 Å². The minimum atomic E-state index is -1.93. The Balaban J connectivity index is 2.08. The molecule has 2 rings (SSSR count). The zero-order valence-corrected chi connectivity index (χ0v) is 18.5. The van der Waals surface area contributed by atoms with E-state index >= 15 is 0 Å². The number of hydrogen-bond acceptors (Lipinski definition) is 4. The number of halogens is 4. The second kappa shape index (κ2) is 9.71. The van der Waals surface area contributed by atoms with Gasteiger partial charge in [0.05, 0.1) is 4.92 Å².